The van der Waals surface area contributed by atoms with Crippen molar-refractivity contribution in [2.45, 2.75) is 57.8 Å². The Balaban J connectivity index is 0.969. The molecule has 0 spiro atoms. The van der Waals surface area contributed by atoms with Gasteiger partial charge in [0.15, 0.2) is 0 Å². The van der Waals surface area contributed by atoms with Crippen molar-refractivity contribution in [3.05, 3.63) is 209 Å². The molecule has 314 valence electrons. The zero-order valence-electron chi connectivity index (χ0n) is 38.1. The van der Waals surface area contributed by atoms with Crippen LogP contribution in [-0.2, 0) is 16.2 Å². The standard InChI is InChI=1S/C63H47N3/c1-61(2)46-17-7-10-22-55(46)64-52-28-25-36(31-42(52)40-15-13-20-49(61)58(40)64)37-26-29-54-44(32-37)45-34-39(35-51-60(45)66(54)57-24-12-9-19-48(57)63(51,5)6)38-27-30-53-43(33-38)41-16-14-21-50-59(41)65(53)56-23-11-8-18-47(56)62(50,3)4/h7-35H,1-6H3. The summed E-state index contributed by atoms with van der Waals surface area (Å²) in [7, 11) is 0. The summed E-state index contributed by atoms with van der Waals surface area (Å²) in [4.78, 5) is 0. The van der Waals surface area contributed by atoms with Gasteiger partial charge in [0.1, 0.15) is 0 Å². The molecule has 0 unspecified atom stereocenters. The first-order valence-electron chi connectivity index (χ1n) is 23.6. The van der Waals surface area contributed by atoms with Gasteiger partial charge in [-0.3, -0.25) is 0 Å². The zero-order chi connectivity index (χ0) is 44.2. The van der Waals surface area contributed by atoms with Crippen LogP contribution in [-0.4, -0.2) is 13.7 Å². The first kappa shape index (κ1) is 36.7. The molecule has 0 aliphatic carbocycles. The third-order valence-electron chi connectivity index (χ3n) is 16.6. The van der Waals surface area contributed by atoms with Gasteiger partial charge in [0.25, 0.3) is 0 Å². The van der Waals surface area contributed by atoms with Crippen LogP contribution < -0.4 is 0 Å². The molecule has 0 amide bonds. The van der Waals surface area contributed by atoms with Crippen LogP contribution >= 0.6 is 0 Å². The molecule has 3 nitrogen and oxygen atoms in total. The van der Waals surface area contributed by atoms with Gasteiger partial charge in [0, 0.05) is 48.6 Å². The van der Waals surface area contributed by atoms with E-state index in [0.717, 1.165) is 0 Å². The molecule has 6 heterocycles. The van der Waals surface area contributed by atoms with Gasteiger partial charge in [-0.1, -0.05) is 151 Å². The summed E-state index contributed by atoms with van der Waals surface area (Å²) in [5.41, 5.74) is 24.3. The Bertz CT molecular complexity index is 4190. The lowest BCUT2D eigenvalue weighted by atomic mass is 9.74. The minimum absolute atomic E-state index is 0.0950. The van der Waals surface area contributed by atoms with E-state index in [1.165, 1.54) is 138 Å². The second-order valence-corrected chi connectivity index (χ2v) is 21.0. The maximum atomic E-state index is 2.55. The van der Waals surface area contributed by atoms with Crippen molar-refractivity contribution in [3.63, 3.8) is 0 Å². The predicted octanol–water partition coefficient (Wildman–Crippen LogP) is 16.2. The van der Waals surface area contributed by atoms with Gasteiger partial charge in [-0.25, -0.2) is 0 Å². The van der Waals surface area contributed by atoms with E-state index in [0.29, 0.717) is 0 Å². The minimum atomic E-state index is -0.212. The van der Waals surface area contributed by atoms with Crippen molar-refractivity contribution >= 4 is 65.4 Å². The third kappa shape index (κ3) is 4.31. The van der Waals surface area contributed by atoms with Crippen LogP contribution in [0.4, 0.5) is 0 Å². The van der Waals surface area contributed by atoms with E-state index in [4.69, 9.17) is 0 Å². The zero-order valence-corrected chi connectivity index (χ0v) is 38.1. The number of rotatable bonds is 2. The summed E-state index contributed by atoms with van der Waals surface area (Å²) >= 11 is 0. The first-order valence-corrected chi connectivity index (χ1v) is 23.6. The van der Waals surface area contributed by atoms with Crippen molar-refractivity contribution in [1.82, 2.24) is 13.7 Å². The molecule has 0 N–H and O–H groups in total. The molecule has 12 aromatic rings. The number of hydrogen-bond donors (Lipinski definition) is 0. The summed E-state index contributed by atoms with van der Waals surface area (Å²) in [6.45, 7) is 14.3. The van der Waals surface area contributed by atoms with E-state index in [1.807, 2.05) is 0 Å². The number of nitrogens with zero attached hydrogens (tertiary/aromatic N) is 3. The highest BCUT2D eigenvalue weighted by molar-refractivity contribution is 6.17. The molecule has 15 rings (SSSR count). The fourth-order valence-corrected chi connectivity index (χ4v) is 13.3. The van der Waals surface area contributed by atoms with Crippen molar-refractivity contribution in [1.29, 1.82) is 0 Å². The summed E-state index contributed by atoms with van der Waals surface area (Å²) < 4.78 is 7.59. The van der Waals surface area contributed by atoms with E-state index in [9.17, 15) is 0 Å². The van der Waals surface area contributed by atoms with Gasteiger partial charge in [0.2, 0.25) is 0 Å². The van der Waals surface area contributed by atoms with Crippen molar-refractivity contribution in [3.8, 4) is 39.3 Å². The molecule has 0 atom stereocenters. The van der Waals surface area contributed by atoms with Gasteiger partial charge in [0.05, 0.1) is 50.2 Å². The molecule has 0 fully saturated rings. The van der Waals surface area contributed by atoms with Crippen LogP contribution in [0.3, 0.4) is 0 Å². The maximum absolute atomic E-state index is 2.55. The number of para-hydroxylation sites is 5. The lowest BCUT2D eigenvalue weighted by Gasteiger charge is -2.35. The quantitative estimate of drug-likeness (QED) is 0.165. The molecule has 9 aromatic carbocycles. The molecular weight excluding hydrogens is 799 g/mol. The fourth-order valence-electron chi connectivity index (χ4n) is 13.3. The van der Waals surface area contributed by atoms with E-state index in [1.54, 1.807) is 0 Å². The van der Waals surface area contributed by atoms with Crippen molar-refractivity contribution < 1.29 is 0 Å². The normalized spacial score (nSPS) is 15.8. The minimum Gasteiger partial charge on any atom is -0.309 e. The second kappa shape index (κ2) is 12.0. The molecule has 66 heavy (non-hydrogen) atoms. The van der Waals surface area contributed by atoms with Gasteiger partial charge >= 0.3 is 0 Å². The Hall–Kier alpha value is -7.62. The highest BCUT2D eigenvalue weighted by atomic mass is 15.0. The Morgan fingerprint density at radius 3 is 1.03 bits per heavy atom. The lowest BCUT2D eigenvalue weighted by Crippen LogP contribution is -2.26. The predicted molar refractivity (Wildman–Crippen MR) is 277 cm³/mol. The fraction of sp³-hybridized carbons (Fsp3) is 0.143. The highest BCUT2D eigenvalue weighted by Crippen LogP contribution is 2.52. The number of hydrogen-bond acceptors (Lipinski definition) is 0. The van der Waals surface area contributed by atoms with Gasteiger partial charge < -0.3 is 13.7 Å². The van der Waals surface area contributed by atoms with Gasteiger partial charge in [-0.2, -0.15) is 0 Å². The van der Waals surface area contributed by atoms with Crippen LogP contribution in [0.15, 0.2) is 176 Å². The average Bonchev–Trinajstić information content (AvgIpc) is 3.98. The molecule has 0 radical (unpaired) electrons. The van der Waals surface area contributed by atoms with Crippen LogP contribution in [0.5, 0.6) is 0 Å². The number of benzene rings is 9. The second-order valence-electron chi connectivity index (χ2n) is 21.0. The molecule has 3 aliphatic heterocycles. The van der Waals surface area contributed by atoms with Gasteiger partial charge in [-0.05, 0) is 122 Å². The van der Waals surface area contributed by atoms with Crippen molar-refractivity contribution in [2.24, 2.45) is 0 Å². The Labute approximate surface area is 383 Å². The van der Waals surface area contributed by atoms with Crippen LogP contribution in [0.2, 0.25) is 0 Å². The molecule has 3 aliphatic rings. The van der Waals surface area contributed by atoms with E-state index >= 15 is 0 Å². The van der Waals surface area contributed by atoms with E-state index in [-0.39, 0.29) is 16.2 Å². The molecule has 0 saturated carbocycles. The molecule has 3 heteroatoms. The van der Waals surface area contributed by atoms with Crippen LogP contribution in [0.25, 0.3) is 105 Å². The largest absolute Gasteiger partial charge is 0.309 e. The first-order chi connectivity index (χ1) is 32.0. The van der Waals surface area contributed by atoms with E-state index < -0.39 is 0 Å². The SMILES string of the molecule is CC1(C)c2ccccc2-n2c3ccc(-c4ccc5c(c4)c4cc(-c6ccc7c(c6)c6cccc8c6n7-c6ccccc6C8(C)C)cc6c4n5-c4ccccc4C6(C)C)cc3c3cccc1c32. The Kier molecular flexibility index (Phi) is 6.66. The number of aromatic nitrogens is 3. The van der Waals surface area contributed by atoms with Crippen LogP contribution in [0, 0.1) is 0 Å². The Morgan fingerprint density at radius 1 is 0.258 bits per heavy atom. The summed E-state index contributed by atoms with van der Waals surface area (Å²) in [5.74, 6) is 0. The average molecular weight is 846 g/mol. The summed E-state index contributed by atoms with van der Waals surface area (Å²) in [6, 6.07) is 67.4. The van der Waals surface area contributed by atoms with Crippen molar-refractivity contribution in [2.75, 3.05) is 0 Å². The van der Waals surface area contributed by atoms with Gasteiger partial charge in [-0.15, -0.1) is 0 Å². The molecular formula is C63H47N3. The smallest absolute Gasteiger partial charge is 0.0582 e. The molecule has 0 saturated heterocycles. The van der Waals surface area contributed by atoms with Crippen LogP contribution in [0.1, 0.15) is 74.9 Å². The summed E-state index contributed by atoms with van der Waals surface area (Å²) in [5, 5.41) is 7.80. The maximum Gasteiger partial charge on any atom is 0.0582 e. The topological polar surface area (TPSA) is 14.8 Å². The summed E-state index contributed by atoms with van der Waals surface area (Å²) in [6.07, 6.45) is 0. The number of fused-ring (bicyclic) bond motifs is 15. The highest BCUT2D eigenvalue weighted by Gasteiger charge is 2.38. The van der Waals surface area contributed by atoms with E-state index in [2.05, 4.69) is 231 Å². The lowest BCUT2D eigenvalue weighted by molar-refractivity contribution is 0.630. The molecule has 3 aromatic heterocycles. The Morgan fingerprint density at radius 2 is 0.591 bits per heavy atom. The monoisotopic (exact) mass is 845 g/mol. The third-order valence-corrected chi connectivity index (χ3v) is 16.6. The molecule has 0 bridgehead atoms.